The Morgan fingerprint density at radius 2 is 2.12 bits per heavy atom. The van der Waals surface area contributed by atoms with Gasteiger partial charge in [-0.2, -0.15) is 8.78 Å². The molecular weight excluding hydrogens is 236 g/mol. The molecule has 0 aliphatic rings. The molecule has 0 unspecified atom stereocenters. The van der Waals surface area contributed by atoms with Crippen molar-refractivity contribution in [3.63, 3.8) is 0 Å². The zero-order valence-electron chi connectivity index (χ0n) is 9.16. The summed E-state index contributed by atoms with van der Waals surface area (Å²) in [6.45, 7) is -1.49. The average molecular weight is 247 g/mol. The van der Waals surface area contributed by atoms with Crippen molar-refractivity contribution in [1.29, 1.82) is 0 Å². The normalized spacial score (nSPS) is 10.2. The van der Waals surface area contributed by atoms with Crippen molar-refractivity contribution in [3.05, 3.63) is 23.3 Å². The minimum Gasteiger partial charge on any atom is -0.465 e. The molecule has 5 nitrogen and oxygen atoms in total. The highest BCUT2D eigenvalue weighted by Crippen LogP contribution is 2.29. The number of hydrogen-bond donors (Lipinski definition) is 2. The van der Waals surface area contributed by atoms with E-state index in [0.29, 0.717) is 5.56 Å². The fourth-order valence-corrected chi connectivity index (χ4v) is 1.30. The first-order valence-electron chi connectivity index (χ1n) is 4.57. The second kappa shape index (κ2) is 5.44. The highest BCUT2D eigenvalue weighted by atomic mass is 19.3. The van der Waals surface area contributed by atoms with Crippen molar-refractivity contribution in [1.82, 2.24) is 0 Å². The third kappa shape index (κ3) is 3.04. The van der Waals surface area contributed by atoms with Crippen LogP contribution in [0.1, 0.15) is 15.9 Å². The van der Waals surface area contributed by atoms with Crippen LogP contribution in [0.3, 0.4) is 0 Å². The molecule has 0 fully saturated rings. The van der Waals surface area contributed by atoms with Crippen LogP contribution >= 0.6 is 0 Å². The van der Waals surface area contributed by atoms with Gasteiger partial charge in [-0.25, -0.2) is 4.79 Å². The SMILES string of the molecule is COC(=O)c1cc(OC(F)F)c(NO)cc1C. The lowest BCUT2D eigenvalue weighted by atomic mass is 10.1. The molecular formula is C10H11F2NO4. The van der Waals surface area contributed by atoms with Crippen LogP contribution in [-0.2, 0) is 4.74 Å². The Kier molecular flexibility index (Phi) is 4.22. The molecule has 0 aliphatic heterocycles. The summed E-state index contributed by atoms with van der Waals surface area (Å²) in [7, 11) is 1.17. The number of benzene rings is 1. The highest BCUT2D eigenvalue weighted by molar-refractivity contribution is 5.92. The number of alkyl halides is 2. The number of ether oxygens (including phenoxy) is 2. The molecule has 0 saturated carbocycles. The maximum atomic E-state index is 12.1. The van der Waals surface area contributed by atoms with Crippen molar-refractivity contribution in [2.45, 2.75) is 13.5 Å². The Morgan fingerprint density at radius 3 is 2.59 bits per heavy atom. The van der Waals surface area contributed by atoms with Gasteiger partial charge in [0.25, 0.3) is 0 Å². The van der Waals surface area contributed by atoms with Crippen LogP contribution in [0.15, 0.2) is 12.1 Å². The van der Waals surface area contributed by atoms with Crippen molar-refractivity contribution in [2.24, 2.45) is 0 Å². The van der Waals surface area contributed by atoms with Crippen molar-refractivity contribution in [3.8, 4) is 5.75 Å². The van der Waals surface area contributed by atoms with E-state index in [1.54, 1.807) is 12.4 Å². The Bertz CT molecular complexity index is 423. The second-order valence-electron chi connectivity index (χ2n) is 3.15. The van der Waals surface area contributed by atoms with Crippen LogP contribution in [-0.4, -0.2) is 24.9 Å². The summed E-state index contributed by atoms with van der Waals surface area (Å²) >= 11 is 0. The number of anilines is 1. The summed E-state index contributed by atoms with van der Waals surface area (Å²) in [5.74, 6) is -1.01. The smallest absolute Gasteiger partial charge is 0.387 e. The van der Waals surface area contributed by atoms with E-state index in [9.17, 15) is 13.6 Å². The van der Waals surface area contributed by atoms with E-state index in [4.69, 9.17) is 5.21 Å². The second-order valence-corrected chi connectivity index (χ2v) is 3.15. The van der Waals surface area contributed by atoms with Gasteiger partial charge in [0.05, 0.1) is 12.7 Å². The number of hydrogen-bond acceptors (Lipinski definition) is 5. The van der Waals surface area contributed by atoms with E-state index < -0.39 is 12.6 Å². The van der Waals surface area contributed by atoms with Gasteiger partial charge >= 0.3 is 12.6 Å². The van der Waals surface area contributed by atoms with Crippen molar-refractivity contribution < 1.29 is 28.3 Å². The molecule has 7 heteroatoms. The lowest BCUT2D eigenvalue weighted by Gasteiger charge is -2.12. The number of esters is 1. The lowest BCUT2D eigenvalue weighted by molar-refractivity contribution is -0.0496. The third-order valence-corrected chi connectivity index (χ3v) is 2.07. The van der Waals surface area contributed by atoms with Crippen LogP contribution in [0.25, 0.3) is 0 Å². The number of carbonyl (C=O) groups excluding carboxylic acids is 1. The van der Waals surface area contributed by atoms with Gasteiger partial charge < -0.3 is 9.47 Å². The summed E-state index contributed by atoms with van der Waals surface area (Å²) in [6, 6.07) is 2.37. The van der Waals surface area contributed by atoms with Crippen molar-refractivity contribution >= 4 is 11.7 Å². The van der Waals surface area contributed by atoms with Crippen LogP contribution in [0.2, 0.25) is 0 Å². The average Bonchev–Trinajstić information content (AvgIpc) is 2.29. The maximum absolute atomic E-state index is 12.1. The molecule has 1 aromatic rings. The van der Waals surface area contributed by atoms with Crippen LogP contribution < -0.4 is 10.2 Å². The Hall–Kier alpha value is -1.89. The molecule has 0 aromatic heterocycles. The molecule has 1 rings (SSSR count). The summed E-state index contributed by atoms with van der Waals surface area (Å²) in [5.41, 5.74) is 2.19. The number of aryl methyl sites for hydroxylation is 1. The number of carbonyl (C=O) groups is 1. The minimum atomic E-state index is -3.06. The first-order chi connectivity index (χ1) is 7.99. The van der Waals surface area contributed by atoms with E-state index in [0.717, 1.165) is 6.07 Å². The van der Waals surface area contributed by atoms with E-state index in [1.165, 1.54) is 13.2 Å². The summed E-state index contributed by atoms with van der Waals surface area (Å²) in [6.07, 6.45) is 0. The highest BCUT2D eigenvalue weighted by Gasteiger charge is 2.16. The number of halogens is 2. The van der Waals surface area contributed by atoms with E-state index in [-0.39, 0.29) is 17.0 Å². The molecule has 0 heterocycles. The molecule has 2 N–H and O–H groups in total. The molecule has 0 aliphatic carbocycles. The van der Waals surface area contributed by atoms with Gasteiger partial charge in [-0.1, -0.05) is 0 Å². The van der Waals surface area contributed by atoms with Gasteiger partial charge in [0, 0.05) is 0 Å². The topological polar surface area (TPSA) is 67.8 Å². The molecule has 0 bridgehead atoms. The monoisotopic (exact) mass is 247 g/mol. The predicted octanol–water partition coefficient (Wildman–Crippen LogP) is 2.18. The first kappa shape index (κ1) is 13.2. The van der Waals surface area contributed by atoms with Crippen molar-refractivity contribution in [2.75, 3.05) is 12.6 Å². The molecule has 0 spiro atoms. The van der Waals surface area contributed by atoms with Gasteiger partial charge in [0.2, 0.25) is 0 Å². The molecule has 17 heavy (non-hydrogen) atoms. The molecule has 0 amide bonds. The zero-order chi connectivity index (χ0) is 13.0. The third-order valence-electron chi connectivity index (χ3n) is 2.07. The first-order valence-corrected chi connectivity index (χ1v) is 4.57. The van der Waals surface area contributed by atoms with Gasteiger partial charge in [0.1, 0.15) is 5.69 Å². The van der Waals surface area contributed by atoms with Crippen LogP contribution in [0, 0.1) is 6.92 Å². The Balaban J connectivity index is 3.22. The molecule has 0 saturated heterocycles. The van der Waals surface area contributed by atoms with E-state index in [1.807, 2.05) is 0 Å². The van der Waals surface area contributed by atoms with Crippen LogP contribution in [0.4, 0.5) is 14.5 Å². The number of methoxy groups -OCH3 is 1. The molecule has 0 radical (unpaired) electrons. The minimum absolute atomic E-state index is 0.0598. The molecule has 94 valence electrons. The predicted molar refractivity (Wildman–Crippen MR) is 54.6 cm³/mol. The van der Waals surface area contributed by atoms with Crippen LogP contribution in [0.5, 0.6) is 5.75 Å². The van der Waals surface area contributed by atoms with Gasteiger partial charge in [-0.05, 0) is 24.6 Å². The standard InChI is InChI=1S/C10H11F2NO4/c1-5-3-7(13-15)8(17-10(11)12)4-6(5)9(14)16-2/h3-4,10,13,15H,1-2H3. The zero-order valence-corrected chi connectivity index (χ0v) is 9.16. The number of nitrogens with one attached hydrogen (secondary N) is 1. The van der Waals surface area contributed by atoms with E-state index in [2.05, 4.69) is 9.47 Å². The fraction of sp³-hybridized carbons (Fsp3) is 0.300. The van der Waals surface area contributed by atoms with E-state index >= 15 is 0 Å². The van der Waals surface area contributed by atoms with Gasteiger partial charge in [0.15, 0.2) is 5.75 Å². The van der Waals surface area contributed by atoms with Gasteiger partial charge in [-0.15, -0.1) is 0 Å². The number of rotatable bonds is 4. The quantitative estimate of drug-likeness (QED) is 0.630. The Labute approximate surface area is 95.9 Å². The fourth-order valence-electron chi connectivity index (χ4n) is 1.30. The summed E-state index contributed by atoms with van der Waals surface area (Å²) < 4.78 is 32.9. The lowest BCUT2D eigenvalue weighted by Crippen LogP contribution is -2.09. The maximum Gasteiger partial charge on any atom is 0.387 e. The molecule has 0 atom stereocenters. The van der Waals surface area contributed by atoms with Gasteiger partial charge in [-0.3, -0.25) is 10.7 Å². The largest absolute Gasteiger partial charge is 0.465 e. The molecule has 1 aromatic carbocycles. The Morgan fingerprint density at radius 1 is 1.47 bits per heavy atom. The summed E-state index contributed by atoms with van der Waals surface area (Å²) in [5, 5.41) is 8.75. The summed E-state index contributed by atoms with van der Waals surface area (Å²) in [4.78, 5) is 11.3.